The number of aryl methyl sites for hydroxylation is 2. The fraction of sp³-hybridized carbons (Fsp3) is 0.438. The Labute approximate surface area is 134 Å². The second kappa shape index (κ2) is 6.54. The maximum Gasteiger partial charge on any atom is 0.228 e. The number of carbonyl (C=O) groups is 1. The molecule has 0 aliphatic carbocycles. The number of rotatable bonds is 3. The normalized spacial score (nSPS) is 18.5. The number of morpholine rings is 1. The molecule has 0 saturated carbocycles. The van der Waals surface area contributed by atoms with E-state index in [9.17, 15) is 4.79 Å². The standard InChI is InChI=1S/C16H19N3O2S/c1-11-5-6-17-16(18-11)14-10-19(7-8-21-14)15(20)9-13-4-3-12(2)22-13/h3-6,14H,7-10H2,1-2H3/t14-/m0/s1. The Bertz CT molecular complexity index is 671. The molecule has 2 aromatic rings. The Kier molecular flexibility index (Phi) is 4.49. The molecule has 1 atom stereocenters. The third-order valence-corrected chi connectivity index (χ3v) is 4.64. The quantitative estimate of drug-likeness (QED) is 0.871. The fourth-order valence-corrected chi connectivity index (χ4v) is 3.38. The van der Waals surface area contributed by atoms with Crippen molar-refractivity contribution in [2.75, 3.05) is 19.7 Å². The Morgan fingerprint density at radius 3 is 3.00 bits per heavy atom. The molecule has 0 aromatic carbocycles. The number of nitrogens with zero attached hydrogens (tertiary/aromatic N) is 3. The molecule has 1 fully saturated rings. The van der Waals surface area contributed by atoms with Gasteiger partial charge in [-0.05, 0) is 32.0 Å². The van der Waals surface area contributed by atoms with E-state index in [1.807, 2.05) is 24.0 Å². The minimum Gasteiger partial charge on any atom is -0.367 e. The highest BCUT2D eigenvalue weighted by molar-refractivity contribution is 7.12. The summed E-state index contributed by atoms with van der Waals surface area (Å²) < 4.78 is 5.74. The molecular weight excluding hydrogens is 298 g/mol. The molecule has 3 rings (SSSR count). The van der Waals surface area contributed by atoms with Crippen LogP contribution in [-0.2, 0) is 16.0 Å². The van der Waals surface area contributed by atoms with E-state index in [-0.39, 0.29) is 12.0 Å². The Morgan fingerprint density at radius 1 is 1.41 bits per heavy atom. The van der Waals surface area contributed by atoms with Gasteiger partial charge in [-0.1, -0.05) is 0 Å². The third kappa shape index (κ3) is 3.51. The van der Waals surface area contributed by atoms with Gasteiger partial charge in [0.05, 0.1) is 19.6 Å². The molecule has 0 bridgehead atoms. The summed E-state index contributed by atoms with van der Waals surface area (Å²) in [4.78, 5) is 25.3. The molecule has 0 unspecified atom stereocenters. The minimum absolute atomic E-state index is 0.141. The molecule has 1 aliphatic rings. The van der Waals surface area contributed by atoms with Crippen LogP contribution in [-0.4, -0.2) is 40.5 Å². The maximum atomic E-state index is 12.5. The van der Waals surface area contributed by atoms with E-state index in [0.29, 0.717) is 31.9 Å². The highest BCUT2D eigenvalue weighted by Gasteiger charge is 2.27. The Morgan fingerprint density at radius 2 is 2.27 bits per heavy atom. The minimum atomic E-state index is -0.234. The van der Waals surface area contributed by atoms with Crippen molar-refractivity contribution < 1.29 is 9.53 Å². The van der Waals surface area contributed by atoms with Crippen LogP contribution >= 0.6 is 11.3 Å². The number of carbonyl (C=O) groups excluding carboxylic acids is 1. The molecule has 1 amide bonds. The lowest BCUT2D eigenvalue weighted by molar-refractivity contribution is -0.138. The van der Waals surface area contributed by atoms with E-state index in [1.165, 1.54) is 4.88 Å². The van der Waals surface area contributed by atoms with Crippen LogP contribution in [0, 0.1) is 13.8 Å². The Balaban J connectivity index is 1.66. The molecule has 3 heterocycles. The van der Waals surface area contributed by atoms with Gasteiger partial charge in [0.15, 0.2) is 5.82 Å². The summed E-state index contributed by atoms with van der Waals surface area (Å²) in [5.41, 5.74) is 0.908. The van der Waals surface area contributed by atoms with Crippen LogP contribution in [0.4, 0.5) is 0 Å². The Hall–Kier alpha value is -1.79. The smallest absolute Gasteiger partial charge is 0.228 e. The third-order valence-electron chi connectivity index (χ3n) is 3.64. The van der Waals surface area contributed by atoms with Gasteiger partial charge in [0.25, 0.3) is 0 Å². The molecular formula is C16H19N3O2S. The second-order valence-electron chi connectivity index (χ2n) is 5.44. The van der Waals surface area contributed by atoms with Crippen molar-refractivity contribution in [2.45, 2.75) is 26.4 Å². The van der Waals surface area contributed by atoms with E-state index >= 15 is 0 Å². The number of aromatic nitrogens is 2. The molecule has 1 saturated heterocycles. The van der Waals surface area contributed by atoms with E-state index in [0.717, 1.165) is 10.6 Å². The zero-order chi connectivity index (χ0) is 15.5. The van der Waals surface area contributed by atoms with Crippen LogP contribution in [0.5, 0.6) is 0 Å². The molecule has 1 aliphatic heterocycles. The summed E-state index contributed by atoms with van der Waals surface area (Å²) in [6.45, 7) is 5.66. The van der Waals surface area contributed by atoms with Gasteiger partial charge in [-0.15, -0.1) is 11.3 Å². The maximum absolute atomic E-state index is 12.5. The lowest BCUT2D eigenvalue weighted by atomic mass is 10.2. The zero-order valence-electron chi connectivity index (χ0n) is 12.8. The van der Waals surface area contributed by atoms with Gasteiger partial charge in [0.1, 0.15) is 6.10 Å². The van der Waals surface area contributed by atoms with Crippen LogP contribution in [0.1, 0.15) is 27.4 Å². The van der Waals surface area contributed by atoms with Crippen molar-refractivity contribution in [2.24, 2.45) is 0 Å². The molecule has 0 spiro atoms. The summed E-state index contributed by atoms with van der Waals surface area (Å²) in [7, 11) is 0. The average Bonchev–Trinajstić information content (AvgIpc) is 2.92. The van der Waals surface area contributed by atoms with Gasteiger partial charge in [0, 0.05) is 28.2 Å². The van der Waals surface area contributed by atoms with Gasteiger partial charge in [-0.2, -0.15) is 0 Å². The summed E-state index contributed by atoms with van der Waals surface area (Å²) in [6.07, 6.45) is 1.96. The summed E-state index contributed by atoms with van der Waals surface area (Å²) >= 11 is 1.68. The SMILES string of the molecule is Cc1ccnc([C@@H]2CN(C(=O)Cc3ccc(C)s3)CCO2)n1. The van der Waals surface area contributed by atoms with Crippen molar-refractivity contribution >= 4 is 17.2 Å². The highest BCUT2D eigenvalue weighted by atomic mass is 32.1. The predicted molar refractivity (Wildman–Crippen MR) is 84.8 cm³/mol. The van der Waals surface area contributed by atoms with Crippen molar-refractivity contribution in [1.29, 1.82) is 0 Å². The molecule has 5 nitrogen and oxygen atoms in total. The summed E-state index contributed by atoms with van der Waals surface area (Å²) in [6, 6.07) is 5.93. The van der Waals surface area contributed by atoms with Crippen molar-refractivity contribution in [3.8, 4) is 0 Å². The largest absolute Gasteiger partial charge is 0.367 e. The van der Waals surface area contributed by atoms with Crippen molar-refractivity contribution in [3.63, 3.8) is 0 Å². The average molecular weight is 317 g/mol. The van der Waals surface area contributed by atoms with Crippen LogP contribution in [0.25, 0.3) is 0 Å². The topological polar surface area (TPSA) is 55.3 Å². The lowest BCUT2D eigenvalue weighted by Gasteiger charge is -2.32. The second-order valence-corrected chi connectivity index (χ2v) is 6.82. The van der Waals surface area contributed by atoms with Gasteiger partial charge in [-0.25, -0.2) is 9.97 Å². The van der Waals surface area contributed by atoms with Gasteiger partial charge >= 0.3 is 0 Å². The molecule has 116 valence electrons. The molecule has 22 heavy (non-hydrogen) atoms. The molecule has 0 N–H and O–H groups in total. The van der Waals surface area contributed by atoms with Crippen molar-refractivity contribution in [3.05, 3.63) is 45.7 Å². The highest BCUT2D eigenvalue weighted by Crippen LogP contribution is 2.21. The van der Waals surface area contributed by atoms with Crippen LogP contribution < -0.4 is 0 Å². The zero-order valence-corrected chi connectivity index (χ0v) is 13.6. The van der Waals surface area contributed by atoms with E-state index in [4.69, 9.17) is 4.74 Å². The first-order valence-corrected chi connectivity index (χ1v) is 8.18. The van der Waals surface area contributed by atoms with E-state index in [2.05, 4.69) is 23.0 Å². The van der Waals surface area contributed by atoms with Crippen molar-refractivity contribution in [1.82, 2.24) is 14.9 Å². The summed E-state index contributed by atoms with van der Waals surface area (Å²) in [5.74, 6) is 0.798. The van der Waals surface area contributed by atoms with Crippen LogP contribution in [0.3, 0.4) is 0 Å². The van der Waals surface area contributed by atoms with Gasteiger partial charge in [-0.3, -0.25) is 4.79 Å². The van der Waals surface area contributed by atoms with Gasteiger partial charge < -0.3 is 9.64 Å². The first kappa shape index (κ1) is 15.1. The lowest BCUT2D eigenvalue weighted by Crippen LogP contribution is -2.43. The predicted octanol–water partition coefficient (Wildman–Crippen LogP) is 2.30. The number of hydrogen-bond donors (Lipinski definition) is 0. The molecule has 2 aromatic heterocycles. The first-order chi connectivity index (χ1) is 10.6. The van der Waals surface area contributed by atoms with Crippen LogP contribution in [0.15, 0.2) is 24.4 Å². The van der Waals surface area contributed by atoms with E-state index in [1.54, 1.807) is 17.5 Å². The number of hydrogen-bond acceptors (Lipinski definition) is 5. The monoisotopic (exact) mass is 317 g/mol. The first-order valence-electron chi connectivity index (χ1n) is 7.36. The van der Waals surface area contributed by atoms with E-state index < -0.39 is 0 Å². The fourth-order valence-electron chi connectivity index (χ4n) is 2.50. The molecule has 0 radical (unpaired) electrons. The van der Waals surface area contributed by atoms with Crippen LogP contribution in [0.2, 0.25) is 0 Å². The van der Waals surface area contributed by atoms with Gasteiger partial charge in [0.2, 0.25) is 5.91 Å². The summed E-state index contributed by atoms with van der Waals surface area (Å²) in [5, 5.41) is 0. The number of ether oxygens (including phenoxy) is 1. The molecule has 6 heteroatoms. The number of thiophene rings is 1. The number of amides is 1.